The molecule has 0 heterocycles. The van der Waals surface area contributed by atoms with Gasteiger partial charge in [-0.15, -0.1) is 0 Å². The molecule has 0 aliphatic carbocycles. The lowest BCUT2D eigenvalue weighted by atomic mass is 10.2. The molecule has 98 valence electrons. The summed E-state index contributed by atoms with van der Waals surface area (Å²) >= 11 is 0. The highest BCUT2D eigenvalue weighted by atomic mass is 16.5. The van der Waals surface area contributed by atoms with Crippen LogP contribution < -0.4 is 5.73 Å². The molecule has 0 bridgehead atoms. The molecule has 0 radical (unpaired) electrons. The zero-order valence-corrected chi connectivity index (χ0v) is 10.5. The van der Waals surface area contributed by atoms with Crippen LogP contribution in [-0.2, 0) is 14.3 Å². The van der Waals surface area contributed by atoms with Gasteiger partial charge in [0.05, 0.1) is 31.6 Å². The number of carbonyl (C=O) groups excluding carboxylic acids is 1. The fourth-order valence-electron chi connectivity index (χ4n) is 1.33. The van der Waals surface area contributed by atoms with Crippen LogP contribution in [0.25, 0.3) is 0 Å². The summed E-state index contributed by atoms with van der Waals surface area (Å²) in [5, 5.41) is 8.53. The van der Waals surface area contributed by atoms with Gasteiger partial charge in [0, 0.05) is 33.9 Å². The molecule has 1 atom stereocenters. The van der Waals surface area contributed by atoms with E-state index >= 15 is 0 Å². The van der Waals surface area contributed by atoms with E-state index in [0.717, 1.165) is 0 Å². The predicted octanol–water partition coefficient (Wildman–Crippen LogP) is -0.261. The number of nitriles is 1. The number of rotatable bonds is 9. The van der Waals surface area contributed by atoms with Crippen LogP contribution >= 0.6 is 0 Å². The summed E-state index contributed by atoms with van der Waals surface area (Å²) < 4.78 is 9.99. The number of hydrogen-bond donors (Lipinski definition) is 1. The van der Waals surface area contributed by atoms with Gasteiger partial charge in [-0.1, -0.05) is 0 Å². The molecule has 6 nitrogen and oxygen atoms in total. The van der Waals surface area contributed by atoms with Crippen molar-refractivity contribution >= 4 is 5.91 Å². The highest BCUT2D eigenvalue weighted by Gasteiger charge is 2.17. The molecule has 0 aliphatic heterocycles. The number of carbonyl (C=O) groups is 1. The van der Waals surface area contributed by atoms with E-state index in [-0.39, 0.29) is 18.4 Å². The molecular formula is C11H21N3O3. The van der Waals surface area contributed by atoms with Crippen LogP contribution in [0.2, 0.25) is 0 Å². The van der Waals surface area contributed by atoms with Crippen LogP contribution in [0.15, 0.2) is 0 Å². The summed E-state index contributed by atoms with van der Waals surface area (Å²) in [5.74, 6) is -0.0606. The smallest absolute Gasteiger partial charge is 0.225 e. The first-order valence-corrected chi connectivity index (χ1v) is 5.56. The number of methoxy groups -OCH3 is 2. The van der Waals surface area contributed by atoms with Gasteiger partial charge in [0.15, 0.2) is 0 Å². The number of ether oxygens (including phenoxy) is 2. The Hall–Kier alpha value is -1.16. The predicted molar refractivity (Wildman–Crippen MR) is 63.2 cm³/mol. The van der Waals surface area contributed by atoms with E-state index in [0.29, 0.717) is 32.7 Å². The van der Waals surface area contributed by atoms with Crippen molar-refractivity contribution in [2.75, 3.05) is 40.5 Å². The standard InChI is InChI=1S/C11H21N3O3/c1-16-7-6-14(5-3-4-12)11(15)8-10(9-13)17-2/h10H,3,5-9,13H2,1-2H3. The lowest BCUT2D eigenvalue weighted by Crippen LogP contribution is -2.38. The molecule has 1 unspecified atom stereocenters. The molecule has 0 aromatic heterocycles. The summed E-state index contributed by atoms with van der Waals surface area (Å²) in [6.45, 7) is 1.66. The van der Waals surface area contributed by atoms with E-state index in [2.05, 4.69) is 0 Å². The van der Waals surface area contributed by atoms with Crippen LogP contribution in [0.1, 0.15) is 12.8 Å². The summed E-state index contributed by atoms with van der Waals surface area (Å²) in [7, 11) is 3.10. The monoisotopic (exact) mass is 243 g/mol. The van der Waals surface area contributed by atoms with Gasteiger partial charge in [-0.25, -0.2) is 0 Å². The minimum atomic E-state index is -0.269. The minimum absolute atomic E-state index is 0.0606. The van der Waals surface area contributed by atoms with E-state index < -0.39 is 0 Å². The number of amides is 1. The third-order valence-corrected chi connectivity index (χ3v) is 2.41. The average Bonchev–Trinajstić information content (AvgIpc) is 2.35. The van der Waals surface area contributed by atoms with E-state index in [1.54, 1.807) is 12.0 Å². The first kappa shape index (κ1) is 15.8. The Labute approximate surface area is 102 Å². The van der Waals surface area contributed by atoms with Gasteiger partial charge in [0.2, 0.25) is 5.91 Å². The molecule has 0 aromatic carbocycles. The van der Waals surface area contributed by atoms with Crippen molar-refractivity contribution < 1.29 is 14.3 Å². The van der Waals surface area contributed by atoms with Crippen molar-refractivity contribution in [2.45, 2.75) is 18.9 Å². The summed E-state index contributed by atoms with van der Waals surface area (Å²) in [4.78, 5) is 13.5. The topological polar surface area (TPSA) is 88.6 Å². The van der Waals surface area contributed by atoms with Gasteiger partial charge in [0.1, 0.15) is 0 Å². The average molecular weight is 243 g/mol. The second kappa shape index (κ2) is 10.0. The molecule has 0 fully saturated rings. The Morgan fingerprint density at radius 3 is 2.65 bits per heavy atom. The van der Waals surface area contributed by atoms with Gasteiger partial charge < -0.3 is 20.1 Å². The maximum atomic E-state index is 11.9. The fourth-order valence-corrected chi connectivity index (χ4v) is 1.33. The largest absolute Gasteiger partial charge is 0.383 e. The number of nitrogens with zero attached hydrogens (tertiary/aromatic N) is 2. The molecule has 6 heteroatoms. The molecule has 17 heavy (non-hydrogen) atoms. The highest BCUT2D eigenvalue weighted by Crippen LogP contribution is 2.02. The minimum Gasteiger partial charge on any atom is -0.383 e. The maximum absolute atomic E-state index is 11.9. The van der Waals surface area contributed by atoms with Gasteiger partial charge in [-0.2, -0.15) is 5.26 Å². The lowest BCUT2D eigenvalue weighted by molar-refractivity contribution is -0.134. The first-order chi connectivity index (χ1) is 8.19. The van der Waals surface area contributed by atoms with Gasteiger partial charge >= 0.3 is 0 Å². The summed E-state index contributed by atoms with van der Waals surface area (Å²) in [6, 6.07) is 2.02. The molecule has 0 rings (SSSR count). The normalized spacial score (nSPS) is 11.9. The molecule has 1 amide bonds. The zero-order chi connectivity index (χ0) is 13.1. The van der Waals surface area contributed by atoms with Crippen molar-refractivity contribution in [1.29, 1.82) is 5.26 Å². The second-order valence-corrected chi connectivity index (χ2v) is 3.58. The molecule has 2 N–H and O–H groups in total. The number of nitrogens with two attached hydrogens (primary N) is 1. The van der Waals surface area contributed by atoms with E-state index in [4.69, 9.17) is 20.5 Å². The van der Waals surface area contributed by atoms with E-state index in [1.807, 2.05) is 6.07 Å². The van der Waals surface area contributed by atoms with Gasteiger partial charge in [0.25, 0.3) is 0 Å². The molecule has 0 aliphatic rings. The quantitative estimate of drug-likeness (QED) is 0.602. The summed E-state index contributed by atoms with van der Waals surface area (Å²) in [6.07, 6.45) is 0.285. The Morgan fingerprint density at radius 1 is 1.47 bits per heavy atom. The Balaban J connectivity index is 4.24. The molecule has 0 spiro atoms. The lowest BCUT2D eigenvalue weighted by Gasteiger charge is -2.23. The Morgan fingerprint density at radius 2 is 2.18 bits per heavy atom. The molecule has 0 saturated heterocycles. The Bertz CT molecular complexity index is 249. The summed E-state index contributed by atoms with van der Waals surface area (Å²) in [5.41, 5.74) is 5.46. The van der Waals surface area contributed by atoms with E-state index in [9.17, 15) is 4.79 Å². The SMILES string of the molecule is COCCN(CCC#N)C(=O)CC(CN)OC. The molecule has 0 saturated carbocycles. The van der Waals surface area contributed by atoms with Crippen molar-refractivity contribution in [3.05, 3.63) is 0 Å². The third kappa shape index (κ3) is 6.89. The zero-order valence-electron chi connectivity index (χ0n) is 10.5. The van der Waals surface area contributed by atoms with Crippen LogP contribution in [0, 0.1) is 11.3 Å². The fraction of sp³-hybridized carbons (Fsp3) is 0.818. The second-order valence-electron chi connectivity index (χ2n) is 3.58. The van der Waals surface area contributed by atoms with Crippen molar-refractivity contribution in [3.8, 4) is 6.07 Å². The van der Waals surface area contributed by atoms with Crippen LogP contribution in [-0.4, -0.2) is 57.4 Å². The van der Waals surface area contributed by atoms with Crippen molar-refractivity contribution in [1.82, 2.24) is 4.90 Å². The maximum Gasteiger partial charge on any atom is 0.225 e. The Kier molecular flexibility index (Phi) is 9.34. The van der Waals surface area contributed by atoms with Crippen molar-refractivity contribution in [2.24, 2.45) is 5.73 Å². The van der Waals surface area contributed by atoms with Gasteiger partial charge in [-0.05, 0) is 0 Å². The highest BCUT2D eigenvalue weighted by molar-refractivity contribution is 5.76. The van der Waals surface area contributed by atoms with Gasteiger partial charge in [-0.3, -0.25) is 4.79 Å². The molecule has 0 aromatic rings. The van der Waals surface area contributed by atoms with Crippen molar-refractivity contribution in [3.63, 3.8) is 0 Å². The van der Waals surface area contributed by atoms with Crippen LogP contribution in [0.5, 0.6) is 0 Å². The van der Waals surface area contributed by atoms with E-state index in [1.165, 1.54) is 7.11 Å². The number of hydrogen-bond acceptors (Lipinski definition) is 5. The first-order valence-electron chi connectivity index (χ1n) is 5.56. The molecular weight excluding hydrogens is 222 g/mol. The third-order valence-electron chi connectivity index (χ3n) is 2.41. The van der Waals surface area contributed by atoms with Crippen LogP contribution in [0.3, 0.4) is 0 Å². The van der Waals surface area contributed by atoms with Crippen LogP contribution in [0.4, 0.5) is 0 Å².